The molecule has 1 amide bonds. The Hall–Kier alpha value is -2.94. The number of likely N-dealkylation sites (tertiary alicyclic amines) is 1. The van der Waals surface area contributed by atoms with Gasteiger partial charge in [0.1, 0.15) is 5.82 Å². The highest BCUT2D eigenvalue weighted by atomic mass is 35.5. The minimum Gasteiger partial charge on any atom is -0.339 e. The van der Waals surface area contributed by atoms with Crippen molar-refractivity contribution in [2.24, 2.45) is 0 Å². The van der Waals surface area contributed by atoms with Crippen molar-refractivity contribution in [3.8, 4) is 11.4 Å². The van der Waals surface area contributed by atoms with Crippen LogP contribution in [0.25, 0.3) is 11.4 Å². The Bertz CT molecular complexity index is 1080. The first-order valence-electron chi connectivity index (χ1n) is 8.93. The lowest BCUT2D eigenvalue weighted by atomic mass is 10.1. The smallest absolute Gasteiger partial charge is 0.339 e. The van der Waals surface area contributed by atoms with E-state index in [1.54, 1.807) is 11.0 Å². The van der Waals surface area contributed by atoms with Gasteiger partial charge in [0.2, 0.25) is 17.6 Å². The normalized spacial score (nSPS) is 17.0. The summed E-state index contributed by atoms with van der Waals surface area (Å²) in [6.45, 7) is 0.581. The van der Waals surface area contributed by atoms with Gasteiger partial charge in [-0.2, -0.15) is 18.2 Å². The summed E-state index contributed by atoms with van der Waals surface area (Å²) >= 11 is 5.78. The summed E-state index contributed by atoms with van der Waals surface area (Å²) in [5.74, 6) is -0.626. The van der Waals surface area contributed by atoms with E-state index in [1.807, 2.05) is 0 Å². The number of rotatable bonds is 4. The second-order valence-electron chi connectivity index (χ2n) is 6.96. The van der Waals surface area contributed by atoms with Gasteiger partial charge in [0.15, 0.2) is 0 Å². The monoisotopic (exact) mass is 439 g/mol. The molecule has 0 radical (unpaired) electrons. The molecular formula is C20H14ClF4N3O2. The second-order valence-corrected chi connectivity index (χ2v) is 7.36. The van der Waals surface area contributed by atoms with Crippen LogP contribution in [0.15, 0.2) is 47.0 Å². The fourth-order valence-corrected chi connectivity index (χ4v) is 3.48. The molecule has 4 rings (SSSR count). The molecule has 1 atom stereocenters. The number of hydrogen-bond donors (Lipinski definition) is 0. The molecular weight excluding hydrogens is 426 g/mol. The summed E-state index contributed by atoms with van der Waals surface area (Å²) in [5, 5.41) is 3.80. The van der Waals surface area contributed by atoms with Crippen LogP contribution in [-0.2, 0) is 17.5 Å². The minimum atomic E-state index is -4.43. The largest absolute Gasteiger partial charge is 0.416 e. The van der Waals surface area contributed by atoms with E-state index in [4.69, 9.17) is 16.1 Å². The average Bonchev–Trinajstić information content (AvgIpc) is 3.32. The van der Waals surface area contributed by atoms with E-state index in [0.29, 0.717) is 17.7 Å². The number of nitrogens with zero attached hydrogens (tertiary/aromatic N) is 3. The van der Waals surface area contributed by atoms with Crippen LogP contribution in [0, 0.1) is 5.82 Å². The molecule has 5 nitrogen and oxygen atoms in total. The maximum atomic E-state index is 13.3. The van der Waals surface area contributed by atoms with Gasteiger partial charge in [-0.25, -0.2) is 4.39 Å². The Balaban J connectivity index is 1.46. The van der Waals surface area contributed by atoms with E-state index < -0.39 is 17.6 Å². The van der Waals surface area contributed by atoms with Crippen molar-refractivity contribution in [2.45, 2.75) is 25.1 Å². The number of halogens is 5. The van der Waals surface area contributed by atoms with Crippen LogP contribution in [0.4, 0.5) is 17.6 Å². The second kappa shape index (κ2) is 7.71. The molecule has 156 valence electrons. The third-order valence-electron chi connectivity index (χ3n) is 4.83. The highest BCUT2D eigenvalue weighted by Crippen LogP contribution is 2.32. The van der Waals surface area contributed by atoms with Crippen molar-refractivity contribution >= 4 is 17.5 Å². The van der Waals surface area contributed by atoms with Crippen molar-refractivity contribution in [1.29, 1.82) is 0 Å². The number of amides is 1. The van der Waals surface area contributed by atoms with Crippen LogP contribution in [0.1, 0.15) is 29.4 Å². The van der Waals surface area contributed by atoms with E-state index in [1.165, 1.54) is 24.3 Å². The molecule has 0 spiro atoms. The molecule has 1 aromatic heterocycles. The Labute approximate surface area is 173 Å². The first-order chi connectivity index (χ1) is 14.2. The minimum absolute atomic E-state index is 0.0196. The lowest BCUT2D eigenvalue weighted by Crippen LogP contribution is -2.24. The number of alkyl halides is 3. The molecule has 0 N–H and O–H groups in total. The maximum absolute atomic E-state index is 13.3. The first-order valence-corrected chi connectivity index (χ1v) is 9.31. The number of hydrogen-bond acceptors (Lipinski definition) is 4. The zero-order chi connectivity index (χ0) is 21.5. The Kier molecular flexibility index (Phi) is 5.23. The summed E-state index contributed by atoms with van der Waals surface area (Å²) in [4.78, 5) is 18.2. The van der Waals surface area contributed by atoms with Crippen molar-refractivity contribution in [3.05, 3.63) is 70.3 Å². The van der Waals surface area contributed by atoms with Gasteiger partial charge in [0, 0.05) is 25.1 Å². The van der Waals surface area contributed by atoms with Crippen molar-refractivity contribution in [2.75, 3.05) is 6.54 Å². The van der Waals surface area contributed by atoms with Crippen LogP contribution < -0.4 is 0 Å². The van der Waals surface area contributed by atoms with E-state index in [-0.39, 0.29) is 41.5 Å². The Morgan fingerprint density at radius 1 is 1.17 bits per heavy atom. The lowest BCUT2D eigenvalue weighted by molar-refractivity contribution is -0.137. The SMILES string of the molecule is O=C1CC(c2nc(-c3ccc(C(F)(F)F)cc3)no2)CN1Cc1ccc(F)c(Cl)c1. The molecule has 0 aliphatic carbocycles. The molecule has 30 heavy (non-hydrogen) atoms. The molecule has 10 heteroatoms. The number of aromatic nitrogens is 2. The van der Waals surface area contributed by atoms with Crippen molar-refractivity contribution < 1.29 is 26.9 Å². The van der Waals surface area contributed by atoms with E-state index >= 15 is 0 Å². The van der Waals surface area contributed by atoms with Crippen LogP contribution in [-0.4, -0.2) is 27.5 Å². The third-order valence-corrected chi connectivity index (χ3v) is 5.12. The highest BCUT2D eigenvalue weighted by molar-refractivity contribution is 6.30. The van der Waals surface area contributed by atoms with Gasteiger partial charge < -0.3 is 9.42 Å². The summed E-state index contributed by atoms with van der Waals surface area (Å²) in [6, 6.07) is 8.68. The quantitative estimate of drug-likeness (QED) is 0.533. The highest BCUT2D eigenvalue weighted by Gasteiger charge is 2.34. The van der Waals surface area contributed by atoms with Gasteiger partial charge in [0.25, 0.3) is 0 Å². The summed E-state index contributed by atoms with van der Waals surface area (Å²) in [6.07, 6.45) is -4.27. The fourth-order valence-electron chi connectivity index (χ4n) is 3.28. The third kappa shape index (κ3) is 4.16. The van der Waals surface area contributed by atoms with Gasteiger partial charge in [-0.15, -0.1) is 0 Å². The summed E-state index contributed by atoms with van der Waals surface area (Å²) in [7, 11) is 0. The average molecular weight is 440 g/mol. The molecule has 0 bridgehead atoms. The van der Waals surface area contributed by atoms with E-state index in [0.717, 1.165) is 12.1 Å². The molecule has 1 fully saturated rings. The molecule has 2 aromatic carbocycles. The van der Waals surface area contributed by atoms with Gasteiger partial charge in [-0.05, 0) is 29.8 Å². The number of carbonyl (C=O) groups is 1. The number of benzene rings is 2. The molecule has 0 saturated carbocycles. The van der Waals surface area contributed by atoms with Crippen molar-refractivity contribution in [3.63, 3.8) is 0 Å². The summed E-state index contributed by atoms with van der Waals surface area (Å²) < 4.78 is 56.6. The lowest BCUT2D eigenvalue weighted by Gasteiger charge is -2.16. The first kappa shape index (κ1) is 20.3. The van der Waals surface area contributed by atoms with Crippen LogP contribution in [0.3, 0.4) is 0 Å². The maximum Gasteiger partial charge on any atom is 0.416 e. The molecule has 1 aliphatic heterocycles. The zero-order valence-corrected chi connectivity index (χ0v) is 16.0. The fraction of sp³-hybridized carbons (Fsp3) is 0.250. The Morgan fingerprint density at radius 3 is 2.57 bits per heavy atom. The standard InChI is InChI=1S/C20H14ClF4N3O2/c21-15-7-11(1-6-16(15)22)9-28-10-13(8-17(28)29)19-26-18(27-30-19)12-2-4-14(5-3-12)20(23,24)25/h1-7,13H,8-10H2. The van der Waals surface area contributed by atoms with E-state index in [2.05, 4.69) is 10.1 Å². The molecule has 1 saturated heterocycles. The molecule has 1 aliphatic rings. The van der Waals surface area contributed by atoms with Gasteiger partial charge in [-0.3, -0.25) is 4.79 Å². The van der Waals surface area contributed by atoms with Crippen LogP contribution in [0.2, 0.25) is 5.02 Å². The van der Waals surface area contributed by atoms with Crippen molar-refractivity contribution in [1.82, 2.24) is 15.0 Å². The molecule has 3 aromatic rings. The van der Waals surface area contributed by atoms with Crippen LogP contribution >= 0.6 is 11.6 Å². The molecule has 1 unspecified atom stereocenters. The number of carbonyl (C=O) groups excluding carboxylic acids is 1. The van der Waals surface area contributed by atoms with Gasteiger partial charge >= 0.3 is 6.18 Å². The van der Waals surface area contributed by atoms with Crippen LogP contribution in [0.5, 0.6) is 0 Å². The predicted octanol–water partition coefficient (Wildman–Crippen LogP) is 5.06. The molecule has 2 heterocycles. The van der Waals surface area contributed by atoms with Gasteiger partial charge in [0.05, 0.1) is 16.5 Å². The Morgan fingerprint density at radius 2 is 1.90 bits per heavy atom. The zero-order valence-electron chi connectivity index (χ0n) is 15.3. The van der Waals surface area contributed by atoms with Gasteiger partial charge in [-0.1, -0.05) is 35.0 Å². The topological polar surface area (TPSA) is 59.2 Å². The van der Waals surface area contributed by atoms with E-state index in [9.17, 15) is 22.4 Å². The predicted molar refractivity (Wildman–Crippen MR) is 98.9 cm³/mol. The summed E-state index contributed by atoms with van der Waals surface area (Å²) in [5.41, 5.74) is 0.291.